The Morgan fingerprint density at radius 1 is 0.867 bits per heavy atom. The summed E-state index contributed by atoms with van der Waals surface area (Å²) in [5, 5.41) is 0. The van der Waals surface area contributed by atoms with Gasteiger partial charge < -0.3 is 4.74 Å². The first-order chi connectivity index (χ1) is 14.7. The van der Waals surface area contributed by atoms with E-state index < -0.39 is 6.17 Å². The molecule has 1 saturated carbocycles. The SMILES string of the molecule is CCCCCCCCC(CC(F)COc1ccccc1)[C@H]1CC[C@H](CCCC)CC1. The first kappa shape index (κ1) is 25.2. The minimum Gasteiger partial charge on any atom is -0.491 e. The number of halogens is 1. The lowest BCUT2D eigenvalue weighted by atomic mass is 9.71. The fourth-order valence-corrected chi connectivity index (χ4v) is 5.27. The van der Waals surface area contributed by atoms with Gasteiger partial charge in [0.1, 0.15) is 18.5 Å². The van der Waals surface area contributed by atoms with Crippen molar-refractivity contribution in [2.45, 2.75) is 116 Å². The van der Waals surface area contributed by atoms with E-state index in [2.05, 4.69) is 13.8 Å². The van der Waals surface area contributed by atoms with Gasteiger partial charge in [-0.2, -0.15) is 0 Å². The Balaban J connectivity index is 1.79. The molecule has 2 unspecified atom stereocenters. The van der Waals surface area contributed by atoms with Gasteiger partial charge in [-0.25, -0.2) is 4.39 Å². The van der Waals surface area contributed by atoms with Crippen molar-refractivity contribution in [1.29, 1.82) is 0 Å². The number of hydrogen-bond donors (Lipinski definition) is 0. The highest BCUT2D eigenvalue weighted by Crippen LogP contribution is 2.39. The lowest BCUT2D eigenvalue weighted by molar-refractivity contribution is 0.118. The minimum atomic E-state index is -0.854. The molecule has 1 aliphatic carbocycles. The van der Waals surface area contributed by atoms with Crippen LogP contribution in [0.5, 0.6) is 5.75 Å². The van der Waals surface area contributed by atoms with Gasteiger partial charge in [-0.3, -0.25) is 0 Å². The molecule has 1 aromatic carbocycles. The standard InChI is InChI=1S/C28H47FO/c1-3-5-7-8-9-11-15-26(25-20-18-24(19-21-25)14-6-4-2)22-27(29)23-30-28-16-12-10-13-17-28/h10,12-13,16-17,24-27H,3-9,11,14-15,18-23H2,1-2H3/t24-,25-,26?,27?. The molecule has 0 bridgehead atoms. The van der Waals surface area contributed by atoms with Crippen molar-refractivity contribution < 1.29 is 9.13 Å². The average molecular weight is 419 g/mol. The average Bonchev–Trinajstić information content (AvgIpc) is 2.79. The number of rotatable bonds is 16. The molecule has 0 saturated heterocycles. The first-order valence-corrected chi connectivity index (χ1v) is 13.0. The van der Waals surface area contributed by atoms with Crippen molar-refractivity contribution in [2.75, 3.05) is 6.61 Å². The molecule has 0 aromatic heterocycles. The second kappa shape index (κ2) is 15.7. The predicted molar refractivity (Wildman–Crippen MR) is 128 cm³/mol. The topological polar surface area (TPSA) is 9.23 Å². The summed E-state index contributed by atoms with van der Waals surface area (Å²) >= 11 is 0. The maximum absolute atomic E-state index is 14.9. The molecule has 2 heteroatoms. The highest BCUT2D eigenvalue weighted by Gasteiger charge is 2.29. The van der Waals surface area contributed by atoms with Gasteiger partial charge in [-0.05, 0) is 49.1 Å². The number of para-hydroxylation sites is 1. The summed E-state index contributed by atoms with van der Waals surface area (Å²) in [7, 11) is 0. The Kier molecular flexibility index (Phi) is 13.2. The van der Waals surface area contributed by atoms with Crippen LogP contribution in [0, 0.1) is 17.8 Å². The van der Waals surface area contributed by atoms with E-state index in [4.69, 9.17) is 4.74 Å². The number of alkyl halides is 1. The van der Waals surface area contributed by atoms with Crippen molar-refractivity contribution in [3.8, 4) is 5.75 Å². The molecule has 2 atom stereocenters. The molecule has 1 fully saturated rings. The van der Waals surface area contributed by atoms with Gasteiger partial charge in [0.05, 0.1) is 0 Å². The van der Waals surface area contributed by atoms with Crippen molar-refractivity contribution in [1.82, 2.24) is 0 Å². The Morgan fingerprint density at radius 2 is 1.53 bits per heavy atom. The van der Waals surface area contributed by atoms with Crippen LogP contribution in [-0.4, -0.2) is 12.8 Å². The fourth-order valence-electron chi connectivity index (χ4n) is 5.27. The highest BCUT2D eigenvalue weighted by molar-refractivity contribution is 5.20. The Hall–Kier alpha value is -1.05. The smallest absolute Gasteiger partial charge is 0.134 e. The van der Waals surface area contributed by atoms with E-state index in [1.807, 2.05) is 30.3 Å². The highest BCUT2D eigenvalue weighted by atomic mass is 19.1. The maximum atomic E-state index is 14.9. The second-order valence-electron chi connectivity index (χ2n) is 9.70. The van der Waals surface area contributed by atoms with E-state index in [1.54, 1.807) is 0 Å². The van der Waals surface area contributed by atoms with Gasteiger partial charge in [-0.15, -0.1) is 0 Å². The summed E-state index contributed by atoms with van der Waals surface area (Å²) in [6.07, 6.45) is 18.5. The van der Waals surface area contributed by atoms with E-state index in [0.29, 0.717) is 12.3 Å². The largest absolute Gasteiger partial charge is 0.491 e. The van der Waals surface area contributed by atoms with E-state index >= 15 is 0 Å². The second-order valence-corrected chi connectivity index (χ2v) is 9.70. The van der Waals surface area contributed by atoms with Crippen LogP contribution in [0.3, 0.4) is 0 Å². The van der Waals surface area contributed by atoms with Crippen LogP contribution in [0.2, 0.25) is 0 Å². The molecule has 1 aromatic rings. The third kappa shape index (κ3) is 10.3. The molecule has 0 radical (unpaired) electrons. The normalized spacial score (nSPS) is 21.3. The van der Waals surface area contributed by atoms with Crippen molar-refractivity contribution in [3.05, 3.63) is 30.3 Å². The van der Waals surface area contributed by atoms with E-state index in [-0.39, 0.29) is 6.61 Å². The van der Waals surface area contributed by atoms with Gasteiger partial charge in [-0.1, -0.05) is 109 Å². The van der Waals surface area contributed by atoms with E-state index in [9.17, 15) is 4.39 Å². The molecular weight excluding hydrogens is 371 g/mol. The fraction of sp³-hybridized carbons (Fsp3) is 0.786. The predicted octanol–water partition coefficient (Wildman–Crippen LogP) is 9.16. The summed E-state index contributed by atoms with van der Waals surface area (Å²) in [5.41, 5.74) is 0. The molecule has 0 amide bonds. The molecule has 0 spiro atoms. The Bertz CT molecular complexity index is 509. The summed E-state index contributed by atoms with van der Waals surface area (Å²) in [4.78, 5) is 0. The molecule has 2 rings (SSSR count). The lowest BCUT2D eigenvalue weighted by Gasteiger charge is -2.35. The van der Waals surface area contributed by atoms with Crippen LogP contribution in [0.4, 0.5) is 4.39 Å². The van der Waals surface area contributed by atoms with Crippen molar-refractivity contribution in [2.24, 2.45) is 17.8 Å². The van der Waals surface area contributed by atoms with Crippen LogP contribution in [-0.2, 0) is 0 Å². The number of unbranched alkanes of at least 4 members (excludes halogenated alkanes) is 6. The third-order valence-corrected chi connectivity index (χ3v) is 7.19. The summed E-state index contributed by atoms with van der Waals surface area (Å²) < 4.78 is 20.6. The monoisotopic (exact) mass is 418 g/mol. The van der Waals surface area contributed by atoms with Crippen molar-refractivity contribution in [3.63, 3.8) is 0 Å². The zero-order valence-electron chi connectivity index (χ0n) is 19.8. The molecule has 30 heavy (non-hydrogen) atoms. The van der Waals surface area contributed by atoms with Gasteiger partial charge in [0.25, 0.3) is 0 Å². The number of ether oxygens (including phenoxy) is 1. The zero-order valence-corrected chi connectivity index (χ0v) is 19.8. The van der Waals surface area contributed by atoms with Crippen molar-refractivity contribution >= 4 is 0 Å². The van der Waals surface area contributed by atoms with Crippen LogP contribution in [0.15, 0.2) is 30.3 Å². The number of hydrogen-bond acceptors (Lipinski definition) is 1. The van der Waals surface area contributed by atoms with Crippen LogP contribution in [0.1, 0.15) is 110 Å². The zero-order chi connectivity index (χ0) is 21.4. The minimum absolute atomic E-state index is 0.197. The Labute approximate surface area is 186 Å². The van der Waals surface area contributed by atoms with E-state index in [1.165, 1.54) is 89.9 Å². The quantitative estimate of drug-likeness (QED) is 0.243. The van der Waals surface area contributed by atoms with Gasteiger partial charge >= 0.3 is 0 Å². The summed E-state index contributed by atoms with van der Waals surface area (Å²) in [6, 6.07) is 9.69. The van der Waals surface area contributed by atoms with E-state index in [0.717, 1.165) is 17.6 Å². The van der Waals surface area contributed by atoms with Crippen LogP contribution < -0.4 is 4.74 Å². The molecule has 0 aliphatic heterocycles. The first-order valence-electron chi connectivity index (χ1n) is 13.0. The van der Waals surface area contributed by atoms with Crippen LogP contribution in [0.25, 0.3) is 0 Å². The molecule has 0 N–H and O–H groups in total. The molecular formula is C28H47FO. The maximum Gasteiger partial charge on any atom is 0.134 e. The lowest BCUT2D eigenvalue weighted by Crippen LogP contribution is -2.26. The Morgan fingerprint density at radius 3 is 2.23 bits per heavy atom. The summed E-state index contributed by atoms with van der Waals surface area (Å²) in [6.45, 7) is 4.76. The summed E-state index contributed by atoms with van der Waals surface area (Å²) in [5.74, 6) is 2.98. The number of benzene rings is 1. The van der Waals surface area contributed by atoms with Crippen LogP contribution >= 0.6 is 0 Å². The third-order valence-electron chi connectivity index (χ3n) is 7.19. The van der Waals surface area contributed by atoms with Gasteiger partial charge in [0.2, 0.25) is 0 Å². The molecule has 1 aliphatic rings. The van der Waals surface area contributed by atoms with Gasteiger partial charge in [0, 0.05) is 0 Å². The molecule has 1 nitrogen and oxygen atoms in total. The van der Waals surface area contributed by atoms with Gasteiger partial charge in [0.15, 0.2) is 0 Å². The molecule has 0 heterocycles. The molecule has 172 valence electrons.